The summed E-state index contributed by atoms with van der Waals surface area (Å²) in [5, 5.41) is 2.98. The molecule has 26 heavy (non-hydrogen) atoms. The third-order valence-electron chi connectivity index (χ3n) is 3.82. The summed E-state index contributed by atoms with van der Waals surface area (Å²) in [7, 11) is 0. The van der Waals surface area contributed by atoms with Gasteiger partial charge >= 0.3 is 6.03 Å². The first kappa shape index (κ1) is 17.9. The van der Waals surface area contributed by atoms with Crippen LogP contribution in [0.1, 0.15) is 18.1 Å². The summed E-state index contributed by atoms with van der Waals surface area (Å²) in [5.41, 5.74) is 0.903. The predicted molar refractivity (Wildman–Crippen MR) is 96.1 cm³/mol. The maximum atomic E-state index is 13.8. The van der Waals surface area contributed by atoms with Crippen molar-refractivity contribution in [2.24, 2.45) is 0 Å². The van der Waals surface area contributed by atoms with E-state index in [1.807, 2.05) is 6.92 Å². The molecule has 1 heterocycles. The van der Waals surface area contributed by atoms with Crippen LogP contribution in [0.3, 0.4) is 0 Å². The maximum Gasteiger partial charge on any atom is 0.329 e. The molecular weight excluding hydrogens is 359 g/mol. The van der Waals surface area contributed by atoms with Gasteiger partial charge in [-0.2, -0.15) is 0 Å². The summed E-state index contributed by atoms with van der Waals surface area (Å²) in [5.74, 6) is -0.473. The van der Waals surface area contributed by atoms with Crippen LogP contribution in [0.5, 0.6) is 5.75 Å². The minimum absolute atomic E-state index is 0.0783. The lowest BCUT2D eigenvalue weighted by molar-refractivity contribution is -0.123. The van der Waals surface area contributed by atoms with Gasteiger partial charge in [-0.05, 0) is 37.3 Å². The number of hydrogen-bond acceptors (Lipinski definition) is 3. The number of nitrogens with zero attached hydrogens (tertiary/aromatic N) is 1. The lowest BCUT2D eigenvalue weighted by atomic mass is 10.1. The van der Waals surface area contributed by atoms with Gasteiger partial charge in [-0.3, -0.25) is 9.69 Å². The van der Waals surface area contributed by atoms with Crippen LogP contribution in [0.25, 0.3) is 6.08 Å². The topological polar surface area (TPSA) is 58.6 Å². The lowest BCUT2D eigenvalue weighted by Gasteiger charge is -2.12. The number of rotatable bonds is 5. The van der Waals surface area contributed by atoms with Crippen molar-refractivity contribution in [1.29, 1.82) is 0 Å². The predicted octanol–water partition coefficient (Wildman–Crippen LogP) is 3.97. The molecule has 3 amide bonds. The second-order valence-electron chi connectivity index (χ2n) is 5.59. The Kier molecular flexibility index (Phi) is 5.23. The Labute approximate surface area is 155 Å². The average molecular weight is 375 g/mol. The Hall–Kier alpha value is -2.86. The first-order valence-electron chi connectivity index (χ1n) is 8.00. The summed E-state index contributed by atoms with van der Waals surface area (Å²) < 4.78 is 19.3. The van der Waals surface area contributed by atoms with E-state index in [4.69, 9.17) is 16.3 Å². The first-order chi connectivity index (χ1) is 12.5. The van der Waals surface area contributed by atoms with E-state index in [1.54, 1.807) is 30.3 Å². The van der Waals surface area contributed by atoms with E-state index in [9.17, 15) is 14.0 Å². The van der Waals surface area contributed by atoms with Crippen molar-refractivity contribution in [2.45, 2.75) is 13.5 Å². The minimum Gasteiger partial charge on any atom is -0.493 e. The average Bonchev–Trinajstić information content (AvgIpc) is 2.87. The number of carbonyl (C=O) groups is 2. The summed E-state index contributed by atoms with van der Waals surface area (Å²) in [6.07, 6.45) is 1.50. The summed E-state index contributed by atoms with van der Waals surface area (Å²) in [4.78, 5) is 25.7. The van der Waals surface area contributed by atoms with Crippen molar-refractivity contribution in [3.63, 3.8) is 0 Å². The highest BCUT2D eigenvalue weighted by atomic mass is 35.5. The van der Waals surface area contributed by atoms with Crippen molar-refractivity contribution in [2.75, 3.05) is 6.61 Å². The Morgan fingerprint density at radius 3 is 2.73 bits per heavy atom. The molecule has 7 heteroatoms. The number of nitrogens with one attached hydrogen (secondary N) is 1. The number of halogens is 2. The molecule has 0 radical (unpaired) electrons. The maximum absolute atomic E-state index is 13.8. The van der Waals surface area contributed by atoms with Crippen molar-refractivity contribution in [3.8, 4) is 5.75 Å². The third kappa shape index (κ3) is 3.70. The van der Waals surface area contributed by atoms with Gasteiger partial charge in [-0.25, -0.2) is 9.18 Å². The highest BCUT2D eigenvalue weighted by Crippen LogP contribution is 2.27. The van der Waals surface area contributed by atoms with E-state index < -0.39 is 17.8 Å². The second kappa shape index (κ2) is 7.58. The third-order valence-corrected chi connectivity index (χ3v) is 4.06. The van der Waals surface area contributed by atoms with Crippen LogP contribution in [0.4, 0.5) is 9.18 Å². The molecule has 0 atom stereocenters. The highest BCUT2D eigenvalue weighted by molar-refractivity contribution is 6.30. The van der Waals surface area contributed by atoms with Gasteiger partial charge in [0.05, 0.1) is 13.2 Å². The molecular formula is C19H16ClFN2O3. The summed E-state index contributed by atoms with van der Waals surface area (Å²) in [6.45, 7) is 2.13. The molecule has 1 N–H and O–H groups in total. The van der Waals surface area contributed by atoms with Gasteiger partial charge in [0.25, 0.3) is 5.91 Å². The first-order valence-corrected chi connectivity index (χ1v) is 8.37. The fourth-order valence-corrected chi connectivity index (χ4v) is 2.77. The van der Waals surface area contributed by atoms with E-state index >= 15 is 0 Å². The van der Waals surface area contributed by atoms with Crippen LogP contribution in [0.15, 0.2) is 48.2 Å². The summed E-state index contributed by atoms with van der Waals surface area (Å²) >= 11 is 6.01. The van der Waals surface area contributed by atoms with Gasteiger partial charge in [0.2, 0.25) is 0 Å². The van der Waals surface area contributed by atoms with Gasteiger partial charge in [0.1, 0.15) is 17.3 Å². The number of ether oxygens (including phenoxy) is 1. The SMILES string of the molecule is CCOc1ccc(Cl)cc1/C=C1\NC(=O)N(Cc2ccccc2F)C1=O. The van der Waals surface area contributed by atoms with E-state index in [-0.39, 0.29) is 17.8 Å². The Morgan fingerprint density at radius 2 is 2.00 bits per heavy atom. The van der Waals surface area contributed by atoms with Crippen LogP contribution in [0, 0.1) is 5.82 Å². The normalized spacial score (nSPS) is 15.5. The molecule has 1 aliphatic rings. The van der Waals surface area contributed by atoms with E-state index in [0.717, 1.165) is 4.90 Å². The molecule has 5 nitrogen and oxygen atoms in total. The van der Waals surface area contributed by atoms with Gasteiger partial charge in [-0.15, -0.1) is 0 Å². The molecule has 2 aromatic carbocycles. The van der Waals surface area contributed by atoms with Crippen molar-refractivity contribution in [1.82, 2.24) is 10.2 Å². The summed E-state index contributed by atoms with van der Waals surface area (Å²) in [6, 6.07) is 10.4. The zero-order chi connectivity index (χ0) is 18.7. The molecule has 0 saturated carbocycles. The van der Waals surface area contributed by atoms with Crippen molar-refractivity contribution < 1.29 is 18.7 Å². The number of urea groups is 1. The molecule has 1 aliphatic heterocycles. The molecule has 0 bridgehead atoms. The lowest BCUT2D eigenvalue weighted by Crippen LogP contribution is -2.30. The standard InChI is InChI=1S/C19H16ClFN2O3/c1-2-26-17-8-7-14(20)9-13(17)10-16-18(24)23(19(25)22-16)11-12-5-3-4-6-15(12)21/h3-10H,2,11H2,1H3,(H,22,25)/b16-10-. The van der Waals surface area contributed by atoms with E-state index in [0.29, 0.717) is 22.9 Å². The fraction of sp³-hybridized carbons (Fsp3) is 0.158. The monoisotopic (exact) mass is 374 g/mol. The highest BCUT2D eigenvalue weighted by Gasteiger charge is 2.34. The minimum atomic E-state index is -0.607. The zero-order valence-corrected chi connectivity index (χ0v) is 14.7. The fourth-order valence-electron chi connectivity index (χ4n) is 2.59. The van der Waals surface area contributed by atoms with Crippen LogP contribution in [-0.4, -0.2) is 23.4 Å². The van der Waals surface area contributed by atoms with Crippen molar-refractivity contribution >= 4 is 29.6 Å². The number of carbonyl (C=O) groups excluding carboxylic acids is 2. The number of imide groups is 1. The quantitative estimate of drug-likeness (QED) is 0.636. The van der Waals surface area contributed by atoms with Crippen molar-refractivity contribution in [3.05, 3.63) is 70.1 Å². The number of benzene rings is 2. The second-order valence-corrected chi connectivity index (χ2v) is 6.02. The molecule has 1 fully saturated rings. The molecule has 3 rings (SSSR count). The smallest absolute Gasteiger partial charge is 0.329 e. The molecule has 0 spiro atoms. The van der Waals surface area contributed by atoms with Crippen LogP contribution in [0.2, 0.25) is 5.02 Å². The zero-order valence-electron chi connectivity index (χ0n) is 14.0. The Balaban J connectivity index is 1.88. The van der Waals surface area contributed by atoms with Gasteiger partial charge < -0.3 is 10.1 Å². The number of amides is 3. The van der Waals surface area contributed by atoms with E-state index in [1.165, 1.54) is 18.2 Å². The largest absolute Gasteiger partial charge is 0.493 e. The molecule has 0 aromatic heterocycles. The van der Waals surface area contributed by atoms with Gasteiger partial charge in [0.15, 0.2) is 0 Å². The van der Waals surface area contributed by atoms with Gasteiger partial charge in [0, 0.05) is 16.1 Å². The van der Waals surface area contributed by atoms with Gasteiger partial charge in [-0.1, -0.05) is 29.8 Å². The number of hydrogen-bond donors (Lipinski definition) is 1. The van der Waals surface area contributed by atoms with Crippen LogP contribution in [-0.2, 0) is 11.3 Å². The molecule has 134 valence electrons. The molecule has 1 saturated heterocycles. The van der Waals surface area contributed by atoms with E-state index in [2.05, 4.69) is 5.32 Å². The van der Waals surface area contributed by atoms with Crippen LogP contribution >= 0.6 is 11.6 Å². The molecule has 2 aromatic rings. The molecule has 0 aliphatic carbocycles. The Morgan fingerprint density at radius 1 is 1.23 bits per heavy atom. The van der Waals surface area contributed by atoms with Crippen LogP contribution < -0.4 is 10.1 Å². The Bertz CT molecular complexity index is 898. The molecule has 0 unspecified atom stereocenters.